The number of carboxylic acid groups (broad SMARTS) is 1. The lowest BCUT2D eigenvalue weighted by molar-refractivity contribution is -0.460. The SMILES string of the molecule is CC12CCC(CCC(=O)O)(OO1)c1ccccc12. The summed E-state index contributed by atoms with van der Waals surface area (Å²) >= 11 is 0. The lowest BCUT2D eigenvalue weighted by atomic mass is 9.69. The Bertz CT molecular complexity index is 486. The third-order valence-electron chi connectivity index (χ3n) is 4.12. The van der Waals surface area contributed by atoms with Gasteiger partial charge in [-0.2, -0.15) is 0 Å². The second-order valence-electron chi connectivity index (χ2n) is 5.33. The van der Waals surface area contributed by atoms with E-state index in [4.69, 9.17) is 14.9 Å². The highest BCUT2D eigenvalue weighted by molar-refractivity contribution is 5.67. The molecule has 1 aliphatic carbocycles. The molecule has 0 amide bonds. The molecule has 4 rings (SSSR count). The maximum Gasteiger partial charge on any atom is 0.303 e. The molecule has 1 fully saturated rings. The van der Waals surface area contributed by atoms with Crippen LogP contribution in [0.3, 0.4) is 0 Å². The van der Waals surface area contributed by atoms with Gasteiger partial charge in [-0.3, -0.25) is 4.79 Å². The van der Waals surface area contributed by atoms with Gasteiger partial charge in [0.1, 0.15) is 11.2 Å². The van der Waals surface area contributed by atoms with Crippen LogP contribution in [-0.2, 0) is 25.8 Å². The normalized spacial score (nSPS) is 33.2. The fourth-order valence-electron chi connectivity index (χ4n) is 3.01. The lowest BCUT2D eigenvalue weighted by Crippen LogP contribution is -2.49. The standard InChI is InChI=1S/C14H16O4/c1-13-8-9-14(18-17-13,7-6-12(15)16)11-5-3-2-4-10(11)13/h2-5H,6-9H2,1H3,(H,15,16). The quantitative estimate of drug-likeness (QED) is 0.835. The van der Waals surface area contributed by atoms with Crippen LogP contribution < -0.4 is 0 Å². The molecule has 18 heavy (non-hydrogen) atoms. The molecule has 2 unspecified atom stereocenters. The van der Waals surface area contributed by atoms with E-state index in [0.717, 1.165) is 24.0 Å². The van der Waals surface area contributed by atoms with Crippen molar-refractivity contribution < 1.29 is 19.7 Å². The summed E-state index contributed by atoms with van der Waals surface area (Å²) in [6.45, 7) is 2.02. The zero-order chi connectivity index (χ0) is 12.8. The largest absolute Gasteiger partial charge is 0.481 e. The molecule has 1 aromatic carbocycles. The van der Waals surface area contributed by atoms with Gasteiger partial charge in [-0.15, -0.1) is 0 Å². The first-order valence-corrected chi connectivity index (χ1v) is 6.24. The summed E-state index contributed by atoms with van der Waals surface area (Å²) in [5, 5.41) is 8.87. The van der Waals surface area contributed by atoms with Gasteiger partial charge >= 0.3 is 5.97 Å². The zero-order valence-corrected chi connectivity index (χ0v) is 10.3. The molecule has 96 valence electrons. The van der Waals surface area contributed by atoms with Gasteiger partial charge in [0.2, 0.25) is 0 Å². The van der Waals surface area contributed by atoms with E-state index in [1.165, 1.54) is 0 Å². The predicted molar refractivity (Wildman–Crippen MR) is 63.7 cm³/mol. The second kappa shape index (κ2) is 3.80. The maximum atomic E-state index is 10.8. The molecule has 1 saturated heterocycles. The summed E-state index contributed by atoms with van der Waals surface area (Å²) in [6.07, 6.45) is 2.22. The number of benzene rings is 1. The fraction of sp³-hybridized carbons (Fsp3) is 0.500. The van der Waals surface area contributed by atoms with Crippen LogP contribution in [0.2, 0.25) is 0 Å². The molecule has 0 radical (unpaired) electrons. The van der Waals surface area contributed by atoms with Crippen molar-refractivity contribution >= 4 is 5.97 Å². The Balaban J connectivity index is 2.03. The molecular weight excluding hydrogens is 232 g/mol. The average molecular weight is 248 g/mol. The molecule has 2 aliphatic heterocycles. The monoisotopic (exact) mass is 248 g/mol. The van der Waals surface area contributed by atoms with E-state index in [2.05, 4.69) is 0 Å². The lowest BCUT2D eigenvalue weighted by Gasteiger charge is -2.51. The second-order valence-corrected chi connectivity index (χ2v) is 5.33. The van der Waals surface area contributed by atoms with Gasteiger partial charge in [0.25, 0.3) is 0 Å². The molecule has 4 nitrogen and oxygen atoms in total. The smallest absolute Gasteiger partial charge is 0.303 e. The van der Waals surface area contributed by atoms with Crippen LogP contribution in [0.1, 0.15) is 43.7 Å². The topological polar surface area (TPSA) is 55.8 Å². The van der Waals surface area contributed by atoms with E-state index in [1.807, 2.05) is 31.2 Å². The first-order chi connectivity index (χ1) is 8.56. The van der Waals surface area contributed by atoms with Crippen molar-refractivity contribution in [2.45, 2.75) is 43.8 Å². The van der Waals surface area contributed by atoms with Crippen molar-refractivity contribution in [1.29, 1.82) is 0 Å². The van der Waals surface area contributed by atoms with E-state index >= 15 is 0 Å². The Morgan fingerprint density at radius 1 is 1.28 bits per heavy atom. The van der Waals surface area contributed by atoms with E-state index in [9.17, 15) is 4.79 Å². The van der Waals surface area contributed by atoms with Crippen LogP contribution >= 0.6 is 0 Å². The third kappa shape index (κ3) is 1.56. The Kier molecular flexibility index (Phi) is 2.47. The minimum atomic E-state index is -0.802. The van der Waals surface area contributed by atoms with Gasteiger partial charge in [-0.25, -0.2) is 9.78 Å². The number of carbonyl (C=O) groups is 1. The number of rotatable bonds is 3. The number of hydrogen-bond donors (Lipinski definition) is 1. The van der Waals surface area contributed by atoms with Crippen molar-refractivity contribution in [2.75, 3.05) is 0 Å². The molecule has 4 heteroatoms. The van der Waals surface area contributed by atoms with Crippen molar-refractivity contribution in [1.82, 2.24) is 0 Å². The minimum Gasteiger partial charge on any atom is -0.481 e. The number of fused-ring (bicyclic) bond motifs is 2. The highest BCUT2D eigenvalue weighted by Crippen LogP contribution is 2.54. The molecule has 1 aromatic rings. The van der Waals surface area contributed by atoms with Gasteiger partial charge in [-0.05, 0) is 37.3 Å². The van der Waals surface area contributed by atoms with Crippen LogP contribution in [-0.4, -0.2) is 11.1 Å². The summed E-state index contributed by atoms with van der Waals surface area (Å²) in [7, 11) is 0. The van der Waals surface area contributed by atoms with E-state index in [1.54, 1.807) is 0 Å². The molecule has 0 saturated carbocycles. The number of carboxylic acids is 1. The zero-order valence-electron chi connectivity index (χ0n) is 10.3. The molecule has 2 atom stereocenters. The molecule has 1 N–H and O–H groups in total. The summed E-state index contributed by atoms with van der Waals surface area (Å²) in [4.78, 5) is 21.9. The highest BCUT2D eigenvalue weighted by Gasteiger charge is 2.53. The summed E-state index contributed by atoms with van der Waals surface area (Å²) in [6, 6.07) is 8.03. The Morgan fingerprint density at radius 3 is 2.61 bits per heavy atom. The first kappa shape index (κ1) is 11.7. The molecule has 3 aliphatic rings. The average Bonchev–Trinajstić information content (AvgIpc) is 2.39. The summed E-state index contributed by atoms with van der Waals surface area (Å²) in [5.74, 6) is -0.802. The predicted octanol–water partition coefficient (Wildman–Crippen LogP) is 2.72. The number of aliphatic carboxylic acids is 1. The van der Waals surface area contributed by atoms with Crippen molar-refractivity contribution in [3.63, 3.8) is 0 Å². The van der Waals surface area contributed by atoms with Gasteiger partial charge in [0.15, 0.2) is 0 Å². The van der Waals surface area contributed by atoms with Crippen LogP contribution in [0.15, 0.2) is 24.3 Å². The third-order valence-corrected chi connectivity index (χ3v) is 4.12. The van der Waals surface area contributed by atoms with Crippen molar-refractivity contribution in [3.05, 3.63) is 35.4 Å². The van der Waals surface area contributed by atoms with Gasteiger partial charge in [-0.1, -0.05) is 24.3 Å². The van der Waals surface area contributed by atoms with Gasteiger partial charge in [0.05, 0.1) is 0 Å². The molecule has 2 bridgehead atoms. The van der Waals surface area contributed by atoms with Crippen LogP contribution in [0, 0.1) is 0 Å². The van der Waals surface area contributed by atoms with Crippen molar-refractivity contribution in [3.8, 4) is 0 Å². The van der Waals surface area contributed by atoms with E-state index < -0.39 is 11.6 Å². The molecular formula is C14H16O4. The maximum absolute atomic E-state index is 10.8. The highest BCUT2D eigenvalue weighted by atomic mass is 17.2. The van der Waals surface area contributed by atoms with Crippen LogP contribution in [0.5, 0.6) is 0 Å². The Morgan fingerprint density at radius 2 is 2.00 bits per heavy atom. The van der Waals surface area contributed by atoms with Crippen LogP contribution in [0.4, 0.5) is 0 Å². The van der Waals surface area contributed by atoms with Gasteiger partial charge in [0, 0.05) is 6.42 Å². The minimum absolute atomic E-state index is 0.0917. The molecule has 0 aromatic heterocycles. The van der Waals surface area contributed by atoms with Crippen LogP contribution in [0.25, 0.3) is 0 Å². The summed E-state index contributed by atoms with van der Waals surface area (Å²) < 4.78 is 0. The van der Waals surface area contributed by atoms with Crippen molar-refractivity contribution in [2.24, 2.45) is 0 Å². The number of hydrogen-bond acceptors (Lipinski definition) is 3. The van der Waals surface area contributed by atoms with E-state index in [-0.39, 0.29) is 12.0 Å². The Hall–Kier alpha value is -1.39. The summed E-state index contributed by atoms with van der Waals surface area (Å²) in [5.41, 5.74) is 1.26. The molecule has 2 heterocycles. The fourth-order valence-corrected chi connectivity index (χ4v) is 3.01. The molecule has 0 spiro atoms. The Labute approximate surface area is 105 Å². The van der Waals surface area contributed by atoms with Gasteiger partial charge < -0.3 is 5.11 Å². The first-order valence-electron chi connectivity index (χ1n) is 6.24. The van der Waals surface area contributed by atoms with E-state index in [0.29, 0.717) is 6.42 Å².